The van der Waals surface area contributed by atoms with Crippen molar-refractivity contribution in [1.29, 1.82) is 0 Å². The van der Waals surface area contributed by atoms with Crippen LogP contribution in [0, 0.1) is 10.1 Å². The summed E-state index contributed by atoms with van der Waals surface area (Å²) in [6.45, 7) is 0. The van der Waals surface area contributed by atoms with E-state index in [0.29, 0.717) is 4.34 Å². The number of carbonyl (C=O) groups excluding carboxylic acids is 1. The number of carbonyl (C=O) groups is 1. The number of thioether (sulfide) groups is 1. The van der Waals surface area contributed by atoms with E-state index in [2.05, 4.69) is 15.5 Å². The Morgan fingerprint density at radius 3 is 3.00 bits per heavy atom. The smallest absolute Gasteiger partial charge is 0.294 e. The fourth-order valence-corrected chi connectivity index (χ4v) is 2.76. The Bertz CT molecular complexity index is 635. The highest BCUT2D eigenvalue weighted by molar-refractivity contribution is 8.01. The molecule has 0 radical (unpaired) electrons. The number of amides is 1. The molecule has 0 spiro atoms. The van der Waals surface area contributed by atoms with Gasteiger partial charge < -0.3 is 5.32 Å². The largest absolute Gasteiger partial charge is 0.320 e. The summed E-state index contributed by atoms with van der Waals surface area (Å²) in [7, 11) is 0. The molecule has 0 aliphatic heterocycles. The second-order valence-corrected chi connectivity index (χ2v) is 5.95. The number of nitro benzene ring substituents is 1. The summed E-state index contributed by atoms with van der Waals surface area (Å²) in [4.78, 5) is 22.0. The van der Waals surface area contributed by atoms with Crippen molar-refractivity contribution in [1.82, 2.24) is 10.2 Å². The van der Waals surface area contributed by atoms with Gasteiger partial charge in [-0.2, -0.15) is 0 Å². The van der Waals surface area contributed by atoms with Crippen molar-refractivity contribution >= 4 is 52.0 Å². The van der Waals surface area contributed by atoms with Crippen LogP contribution in [-0.4, -0.2) is 26.8 Å². The summed E-state index contributed by atoms with van der Waals surface area (Å²) in [6.07, 6.45) is 0. The van der Waals surface area contributed by atoms with Gasteiger partial charge in [-0.05, 0) is 12.1 Å². The molecule has 1 heterocycles. The molecule has 20 heavy (non-hydrogen) atoms. The van der Waals surface area contributed by atoms with Gasteiger partial charge in [0.2, 0.25) is 5.91 Å². The quantitative estimate of drug-likeness (QED) is 0.514. The lowest BCUT2D eigenvalue weighted by Gasteiger charge is -2.05. The van der Waals surface area contributed by atoms with Crippen LogP contribution in [0.1, 0.15) is 0 Å². The summed E-state index contributed by atoms with van der Waals surface area (Å²) >= 11 is 8.22. The first-order chi connectivity index (χ1) is 9.56. The summed E-state index contributed by atoms with van der Waals surface area (Å²) in [6, 6.07) is 4.06. The molecule has 104 valence electrons. The lowest BCUT2D eigenvalue weighted by Crippen LogP contribution is -2.15. The molecule has 10 heteroatoms. The van der Waals surface area contributed by atoms with E-state index >= 15 is 0 Å². The highest BCUT2D eigenvalue weighted by Crippen LogP contribution is 2.28. The molecule has 0 unspecified atom stereocenters. The molecule has 1 amide bonds. The maximum absolute atomic E-state index is 11.7. The van der Waals surface area contributed by atoms with E-state index in [-0.39, 0.29) is 28.1 Å². The molecule has 7 nitrogen and oxygen atoms in total. The van der Waals surface area contributed by atoms with Gasteiger partial charge in [-0.25, -0.2) is 0 Å². The van der Waals surface area contributed by atoms with Gasteiger partial charge in [-0.3, -0.25) is 14.9 Å². The van der Waals surface area contributed by atoms with Crippen molar-refractivity contribution in [3.63, 3.8) is 0 Å². The van der Waals surface area contributed by atoms with E-state index in [1.807, 2.05) is 0 Å². The summed E-state index contributed by atoms with van der Waals surface area (Å²) < 4.78 is 0.658. The van der Waals surface area contributed by atoms with E-state index in [0.717, 1.165) is 0 Å². The molecule has 1 aromatic heterocycles. The van der Waals surface area contributed by atoms with Crippen molar-refractivity contribution in [3.05, 3.63) is 38.8 Å². The number of anilines is 1. The number of nitrogens with zero attached hydrogens (tertiary/aromatic N) is 3. The second-order valence-electron chi connectivity index (χ2n) is 3.46. The topological polar surface area (TPSA) is 98.0 Å². The van der Waals surface area contributed by atoms with Gasteiger partial charge >= 0.3 is 0 Å². The van der Waals surface area contributed by atoms with Crippen molar-refractivity contribution in [2.24, 2.45) is 0 Å². The predicted octanol–water partition coefficient (Wildman–Crippen LogP) is 2.83. The number of rotatable bonds is 5. The van der Waals surface area contributed by atoms with E-state index in [4.69, 9.17) is 11.6 Å². The molecule has 2 rings (SSSR count). The van der Waals surface area contributed by atoms with Gasteiger partial charge in [0.1, 0.15) is 11.2 Å². The molecule has 1 N–H and O–H groups in total. The lowest BCUT2D eigenvalue weighted by molar-refractivity contribution is -0.383. The first-order valence-corrected chi connectivity index (χ1v) is 7.43. The van der Waals surface area contributed by atoms with Gasteiger partial charge in [0.25, 0.3) is 5.69 Å². The number of aromatic nitrogens is 2. The van der Waals surface area contributed by atoms with Crippen molar-refractivity contribution < 1.29 is 9.72 Å². The summed E-state index contributed by atoms with van der Waals surface area (Å²) in [5, 5.41) is 21.0. The minimum Gasteiger partial charge on any atom is -0.320 e. The van der Waals surface area contributed by atoms with E-state index in [1.165, 1.54) is 41.3 Å². The molecule has 0 atom stereocenters. The van der Waals surface area contributed by atoms with Crippen molar-refractivity contribution in [2.75, 3.05) is 11.1 Å². The first-order valence-electron chi connectivity index (χ1n) is 5.19. The number of nitro groups is 1. The Hall–Kier alpha value is -1.71. The molecular formula is C10H7ClN4O3S2. The minimum absolute atomic E-state index is 0.0922. The molecule has 0 aliphatic carbocycles. The van der Waals surface area contributed by atoms with Crippen LogP contribution >= 0.6 is 34.7 Å². The second kappa shape index (κ2) is 6.64. The average molecular weight is 331 g/mol. The molecule has 0 saturated heterocycles. The minimum atomic E-state index is -0.598. The SMILES string of the molecule is O=C(CSc1nncs1)Nc1ccc(Cl)cc1[N+](=O)[O-]. The standard InChI is InChI=1S/C10H7ClN4O3S2/c11-6-1-2-7(8(3-6)15(17)18)13-9(16)4-19-10-14-12-5-20-10/h1-3,5H,4H2,(H,13,16). The predicted molar refractivity (Wildman–Crippen MR) is 77.4 cm³/mol. The third-order valence-corrected chi connectivity index (χ3v) is 4.19. The Labute approximate surface area is 126 Å². The Balaban J connectivity index is 2.02. The zero-order valence-corrected chi connectivity index (χ0v) is 12.2. The normalized spacial score (nSPS) is 10.2. The fourth-order valence-electron chi connectivity index (χ4n) is 1.30. The van der Waals surface area contributed by atoms with Crippen LogP contribution in [0.3, 0.4) is 0 Å². The van der Waals surface area contributed by atoms with E-state index in [9.17, 15) is 14.9 Å². The maximum Gasteiger partial charge on any atom is 0.294 e. The summed E-state index contributed by atoms with van der Waals surface area (Å²) in [5.41, 5.74) is 1.43. The van der Waals surface area contributed by atoms with Gasteiger partial charge in [-0.1, -0.05) is 34.7 Å². The number of hydrogen-bond acceptors (Lipinski definition) is 7. The third-order valence-electron chi connectivity index (χ3n) is 2.10. The van der Waals surface area contributed by atoms with Crippen LogP contribution in [0.15, 0.2) is 28.0 Å². The molecular weight excluding hydrogens is 324 g/mol. The Kier molecular flexibility index (Phi) is 4.88. The van der Waals surface area contributed by atoms with Gasteiger partial charge in [-0.15, -0.1) is 10.2 Å². The number of hydrogen-bond donors (Lipinski definition) is 1. The maximum atomic E-state index is 11.7. The van der Waals surface area contributed by atoms with Gasteiger partial charge in [0.15, 0.2) is 4.34 Å². The molecule has 0 saturated carbocycles. The molecule has 0 bridgehead atoms. The molecule has 0 aliphatic rings. The van der Waals surface area contributed by atoms with Crippen molar-refractivity contribution in [3.8, 4) is 0 Å². The van der Waals surface area contributed by atoms with Crippen LogP contribution in [0.25, 0.3) is 0 Å². The fraction of sp³-hybridized carbons (Fsp3) is 0.100. The highest BCUT2D eigenvalue weighted by Gasteiger charge is 2.16. The van der Waals surface area contributed by atoms with E-state index < -0.39 is 4.92 Å². The van der Waals surface area contributed by atoms with Gasteiger partial charge in [0, 0.05) is 11.1 Å². The van der Waals surface area contributed by atoms with Crippen LogP contribution < -0.4 is 5.32 Å². The van der Waals surface area contributed by atoms with Crippen LogP contribution in [0.5, 0.6) is 0 Å². The number of benzene rings is 1. The van der Waals surface area contributed by atoms with Crippen molar-refractivity contribution in [2.45, 2.75) is 4.34 Å². The summed E-state index contributed by atoms with van der Waals surface area (Å²) in [5.74, 6) is -0.273. The van der Waals surface area contributed by atoms with Gasteiger partial charge in [0.05, 0.1) is 10.7 Å². The zero-order valence-electron chi connectivity index (χ0n) is 9.78. The van der Waals surface area contributed by atoms with E-state index in [1.54, 1.807) is 5.51 Å². The lowest BCUT2D eigenvalue weighted by atomic mass is 10.2. The van der Waals surface area contributed by atoms with Crippen LogP contribution in [0.2, 0.25) is 5.02 Å². The van der Waals surface area contributed by atoms with Crippen LogP contribution in [-0.2, 0) is 4.79 Å². The third kappa shape index (κ3) is 3.89. The average Bonchev–Trinajstić information content (AvgIpc) is 2.91. The Morgan fingerprint density at radius 2 is 2.35 bits per heavy atom. The zero-order chi connectivity index (χ0) is 14.5. The number of nitrogens with one attached hydrogen (secondary N) is 1. The first kappa shape index (κ1) is 14.7. The monoisotopic (exact) mass is 330 g/mol. The molecule has 2 aromatic rings. The Morgan fingerprint density at radius 1 is 1.55 bits per heavy atom. The highest BCUT2D eigenvalue weighted by atomic mass is 35.5. The van der Waals surface area contributed by atoms with Crippen LogP contribution in [0.4, 0.5) is 11.4 Å². The molecule has 0 fully saturated rings. The number of halogens is 1. The molecule has 1 aromatic carbocycles.